The third kappa shape index (κ3) is 5.27. The van der Waals surface area contributed by atoms with E-state index < -0.39 is 0 Å². The van der Waals surface area contributed by atoms with E-state index in [1.165, 1.54) is 0 Å². The maximum absolute atomic E-state index is 11.9. The standard InChI is InChI=1S/C14H21N3O3/c1-10(8-15-2)14(19)17-11-5-4-6-12(7-11)20-9-13(18)16-3/h4-7,10,15H,8-9H2,1-3H3,(H,16,18)(H,17,19). The van der Waals surface area contributed by atoms with Gasteiger partial charge in [0, 0.05) is 31.3 Å². The Labute approximate surface area is 118 Å². The third-order valence-corrected chi connectivity index (χ3v) is 2.71. The molecule has 0 aliphatic rings. The Bertz CT molecular complexity index is 463. The van der Waals surface area contributed by atoms with Gasteiger partial charge in [-0.1, -0.05) is 13.0 Å². The molecule has 2 amide bonds. The summed E-state index contributed by atoms with van der Waals surface area (Å²) in [4.78, 5) is 23.0. The quantitative estimate of drug-likeness (QED) is 0.683. The maximum Gasteiger partial charge on any atom is 0.257 e. The number of hydrogen-bond donors (Lipinski definition) is 3. The molecule has 1 unspecified atom stereocenters. The van der Waals surface area contributed by atoms with E-state index in [4.69, 9.17) is 4.74 Å². The highest BCUT2D eigenvalue weighted by atomic mass is 16.5. The Hall–Kier alpha value is -2.08. The van der Waals surface area contributed by atoms with Crippen LogP contribution in [0.5, 0.6) is 5.75 Å². The normalized spacial score (nSPS) is 11.6. The van der Waals surface area contributed by atoms with E-state index in [2.05, 4.69) is 16.0 Å². The van der Waals surface area contributed by atoms with Crippen molar-refractivity contribution in [2.75, 3.05) is 32.6 Å². The minimum absolute atomic E-state index is 0.0515. The molecular formula is C14H21N3O3. The number of carbonyl (C=O) groups excluding carboxylic acids is 2. The molecule has 0 bridgehead atoms. The van der Waals surface area contributed by atoms with E-state index in [0.717, 1.165) is 0 Å². The molecule has 0 spiro atoms. The monoisotopic (exact) mass is 279 g/mol. The first-order valence-corrected chi connectivity index (χ1v) is 6.45. The van der Waals surface area contributed by atoms with E-state index in [-0.39, 0.29) is 24.3 Å². The molecule has 3 N–H and O–H groups in total. The van der Waals surface area contributed by atoms with Crippen molar-refractivity contribution in [2.24, 2.45) is 5.92 Å². The van der Waals surface area contributed by atoms with Crippen LogP contribution in [0.25, 0.3) is 0 Å². The molecule has 1 rings (SSSR count). The fourth-order valence-electron chi connectivity index (χ4n) is 1.55. The second-order valence-electron chi connectivity index (χ2n) is 4.44. The van der Waals surface area contributed by atoms with Crippen LogP contribution in [-0.2, 0) is 9.59 Å². The SMILES string of the molecule is CNCC(C)C(=O)Nc1cccc(OCC(=O)NC)c1. The number of benzene rings is 1. The second-order valence-corrected chi connectivity index (χ2v) is 4.44. The highest BCUT2D eigenvalue weighted by Crippen LogP contribution is 2.17. The molecule has 0 radical (unpaired) electrons. The van der Waals surface area contributed by atoms with Crippen molar-refractivity contribution in [1.29, 1.82) is 0 Å². The molecule has 6 heteroatoms. The van der Waals surface area contributed by atoms with Crippen LogP contribution in [0.15, 0.2) is 24.3 Å². The minimum atomic E-state index is -0.206. The Balaban J connectivity index is 2.59. The predicted octanol–water partition coefficient (Wildman–Crippen LogP) is 0.605. The summed E-state index contributed by atoms with van der Waals surface area (Å²) in [6, 6.07) is 6.96. The molecule has 0 aromatic heterocycles. The van der Waals surface area contributed by atoms with Gasteiger partial charge in [0.25, 0.3) is 5.91 Å². The summed E-state index contributed by atoms with van der Waals surface area (Å²) in [5.41, 5.74) is 0.646. The van der Waals surface area contributed by atoms with Gasteiger partial charge in [-0.25, -0.2) is 0 Å². The predicted molar refractivity (Wildman–Crippen MR) is 77.7 cm³/mol. The van der Waals surface area contributed by atoms with Crippen LogP contribution in [-0.4, -0.2) is 39.1 Å². The van der Waals surface area contributed by atoms with Crippen LogP contribution in [0.1, 0.15) is 6.92 Å². The van der Waals surface area contributed by atoms with Crippen molar-refractivity contribution in [2.45, 2.75) is 6.92 Å². The topological polar surface area (TPSA) is 79.5 Å². The number of carbonyl (C=O) groups is 2. The van der Waals surface area contributed by atoms with Gasteiger partial charge >= 0.3 is 0 Å². The zero-order chi connectivity index (χ0) is 15.0. The van der Waals surface area contributed by atoms with E-state index in [1.54, 1.807) is 38.4 Å². The van der Waals surface area contributed by atoms with Crippen molar-refractivity contribution in [3.63, 3.8) is 0 Å². The van der Waals surface area contributed by atoms with Gasteiger partial charge in [-0.15, -0.1) is 0 Å². The fourth-order valence-corrected chi connectivity index (χ4v) is 1.55. The summed E-state index contributed by atoms with van der Waals surface area (Å²) < 4.78 is 5.31. The van der Waals surface area contributed by atoms with Crippen molar-refractivity contribution in [3.8, 4) is 5.75 Å². The largest absolute Gasteiger partial charge is 0.484 e. The Morgan fingerprint density at radius 1 is 1.30 bits per heavy atom. The Kier molecular flexibility index (Phi) is 6.52. The zero-order valence-corrected chi connectivity index (χ0v) is 12.0. The van der Waals surface area contributed by atoms with Crippen LogP contribution in [0.2, 0.25) is 0 Å². The van der Waals surface area contributed by atoms with Crippen LogP contribution in [0.4, 0.5) is 5.69 Å². The number of amides is 2. The number of likely N-dealkylation sites (N-methyl/N-ethyl adjacent to an activating group) is 1. The lowest BCUT2D eigenvalue weighted by Crippen LogP contribution is -2.28. The lowest BCUT2D eigenvalue weighted by molar-refractivity contribution is -0.122. The summed E-state index contributed by atoms with van der Waals surface area (Å²) in [5.74, 6) is 0.132. The summed E-state index contributed by atoms with van der Waals surface area (Å²) in [7, 11) is 3.35. The Morgan fingerprint density at radius 3 is 2.70 bits per heavy atom. The first-order chi connectivity index (χ1) is 9.56. The smallest absolute Gasteiger partial charge is 0.257 e. The van der Waals surface area contributed by atoms with Crippen molar-refractivity contribution < 1.29 is 14.3 Å². The van der Waals surface area contributed by atoms with Crippen LogP contribution < -0.4 is 20.7 Å². The van der Waals surface area contributed by atoms with Gasteiger partial charge in [0.2, 0.25) is 5.91 Å². The third-order valence-electron chi connectivity index (χ3n) is 2.71. The summed E-state index contributed by atoms with van der Waals surface area (Å²) in [6.45, 7) is 2.40. The molecule has 110 valence electrons. The first kappa shape index (κ1) is 16.0. The van der Waals surface area contributed by atoms with Gasteiger partial charge in [0.1, 0.15) is 5.75 Å². The summed E-state index contributed by atoms with van der Waals surface area (Å²) in [6.07, 6.45) is 0. The van der Waals surface area contributed by atoms with E-state index in [1.807, 2.05) is 6.92 Å². The Morgan fingerprint density at radius 2 is 2.05 bits per heavy atom. The van der Waals surface area contributed by atoms with Crippen molar-refractivity contribution >= 4 is 17.5 Å². The van der Waals surface area contributed by atoms with Gasteiger partial charge in [-0.2, -0.15) is 0 Å². The number of anilines is 1. The van der Waals surface area contributed by atoms with Gasteiger partial charge in [-0.3, -0.25) is 9.59 Å². The summed E-state index contributed by atoms with van der Waals surface area (Å²) >= 11 is 0. The number of hydrogen-bond acceptors (Lipinski definition) is 4. The number of ether oxygens (including phenoxy) is 1. The van der Waals surface area contributed by atoms with Crippen LogP contribution in [0, 0.1) is 5.92 Å². The molecule has 0 aliphatic heterocycles. The first-order valence-electron chi connectivity index (χ1n) is 6.45. The lowest BCUT2D eigenvalue weighted by Gasteiger charge is -2.12. The molecule has 0 fully saturated rings. The van der Waals surface area contributed by atoms with Crippen LogP contribution in [0.3, 0.4) is 0 Å². The highest BCUT2D eigenvalue weighted by molar-refractivity contribution is 5.92. The molecule has 20 heavy (non-hydrogen) atoms. The molecule has 0 heterocycles. The molecular weight excluding hydrogens is 258 g/mol. The molecule has 0 aliphatic carbocycles. The molecule has 6 nitrogen and oxygen atoms in total. The van der Waals surface area contributed by atoms with E-state index in [0.29, 0.717) is 18.0 Å². The number of nitrogens with one attached hydrogen (secondary N) is 3. The van der Waals surface area contributed by atoms with E-state index in [9.17, 15) is 9.59 Å². The lowest BCUT2D eigenvalue weighted by atomic mass is 10.1. The van der Waals surface area contributed by atoms with Gasteiger partial charge in [0.15, 0.2) is 6.61 Å². The van der Waals surface area contributed by atoms with Crippen LogP contribution >= 0.6 is 0 Å². The minimum Gasteiger partial charge on any atom is -0.484 e. The molecule has 1 aromatic rings. The van der Waals surface area contributed by atoms with E-state index >= 15 is 0 Å². The maximum atomic E-state index is 11.9. The highest BCUT2D eigenvalue weighted by Gasteiger charge is 2.12. The van der Waals surface area contributed by atoms with Crippen molar-refractivity contribution in [1.82, 2.24) is 10.6 Å². The fraction of sp³-hybridized carbons (Fsp3) is 0.429. The van der Waals surface area contributed by atoms with Gasteiger partial charge < -0.3 is 20.7 Å². The van der Waals surface area contributed by atoms with Crippen molar-refractivity contribution in [3.05, 3.63) is 24.3 Å². The van der Waals surface area contributed by atoms with Gasteiger partial charge in [0.05, 0.1) is 0 Å². The zero-order valence-electron chi connectivity index (χ0n) is 12.0. The summed E-state index contributed by atoms with van der Waals surface area (Å²) in [5, 5.41) is 8.23. The average Bonchev–Trinajstić information content (AvgIpc) is 2.45. The number of rotatable bonds is 7. The molecule has 0 saturated heterocycles. The molecule has 1 atom stereocenters. The van der Waals surface area contributed by atoms with Gasteiger partial charge in [-0.05, 0) is 19.2 Å². The molecule has 0 saturated carbocycles. The second kappa shape index (κ2) is 8.16. The average molecular weight is 279 g/mol. The molecule has 1 aromatic carbocycles.